The number of aromatic nitrogens is 4. The van der Waals surface area contributed by atoms with Crippen LogP contribution in [-0.4, -0.2) is 31.4 Å². The molecule has 0 amide bonds. The summed E-state index contributed by atoms with van der Waals surface area (Å²) in [6.07, 6.45) is 5.68. The topological polar surface area (TPSA) is 87.8 Å². The van der Waals surface area contributed by atoms with Crippen molar-refractivity contribution in [3.8, 4) is 56.3 Å². The van der Waals surface area contributed by atoms with Crippen molar-refractivity contribution in [1.82, 2.24) is 19.9 Å². The molecule has 1 aliphatic rings. The quantitative estimate of drug-likeness (QED) is 0.169. The number of benzene rings is 4. The van der Waals surface area contributed by atoms with E-state index in [1.807, 2.05) is 91.0 Å². The van der Waals surface area contributed by atoms with Crippen LogP contribution in [0.3, 0.4) is 0 Å². The van der Waals surface area contributed by atoms with E-state index in [1.54, 1.807) is 12.4 Å². The van der Waals surface area contributed by atoms with Gasteiger partial charge < -0.3 is 0 Å². The van der Waals surface area contributed by atoms with Gasteiger partial charge in [0.15, 0.2) is 0 Å². The first-order valence-electron chi connectivity index (χ1n) is 17.2. The van der Waals surface area contributed by atoms with Gasteiger partial charge in [-0.2, -0.15) is 0 Å². The second-order valence-electron chi connectivity index (χ2n) is 12.7. The van der Waals surface area contributed by atoms with Gasteiger partial charge in [-0.15, -0.1) is 0 Å². The number of rotatable bonds is 6. The van der Waals surface area contributed by atoms with E-state index in [9.17, 15) is 5.41 Å². The minimum Gasteiger partial charge on any atom is -0.298 e. The summed E-state index contributed by atoms with van der Waals surface area (Å²) < 4.78 is 4.31. The largest absolute Gasteiger partial charge is 0.298 e. The summed E-state index contributed by atoms with van der Waals surface area (Å²) in [6.45, 7) is 0. The van der Waals surface area contributed by atoms with Crippen LogP contribution < -0.4 is 0 Å². The fourth-order valence-corrected chi connectivity index (χ4v) is 7.16. The van der Waals surface area contributed by atoms with Gasteiger partial charge in [-0.3, -0.25) is 15.4 Å². The molecule has 8 aromatic rings. The van der Waals surface area contributed by atoms with Gasteiger partial charge in [0.05, 0.1) is 39.7 Å². The summed E-state index contributed by atoms with van der Waals surface area (Å²) in [4.78, 5) is 19.3. The van der Waals surface area contributed by atoms with Crippen molar-refractivity contribution in [2.75, 3.05) is 0 Å². The Balaban J connectivity index is 1.13. The van der Waals surface area contributed by atoms with E-state index in [0.717, 1.165) is 89.5 Å². The summed E-state index contributed by atoms with van der Waals surface area (Å²) in [6, 6.07) is 50.9. The maximum Gasteiger partial charge on any atom is 0.104 e. The number of hydrogen-bond acceptors (Lipinski definition) is 7. The average molecular weight is 699 g/mol. The lowest BCUT2D eigenvalue weighted by Gasteiger charge is -2.23. The van der Waals surface area contributed by atoms with E-state index >= 15 is 0 Å². The molecule has 1 N–H and O–H groups in total. The highest BCUT2D eigenvalue weighted by Crippen LogP contribution is 2.39. The molecular formula is C46H30N6S. The number of allylic oxidation sites excluding steroid dienone is 1. The zero-order chi connectivity index (χ0) is 35.7. The van der Waals surface area contributed by atoms with Crippen LogP contribution in [0, 0.1) is 5.41 Å². The molecule has 53 heavy (non-hydrogen) atoms. The smallest absolute Gasteiger partial charge is 0.104 e. The Bertz CT molecular complexity index is 2670. The minimum atomic E-state index is 0.330. The first-order chi connectivity index (χ1) is 26.1. The van der Waals surface area contributed by atoms with Crippen LogP contribution in [0.2, 0.25) is 0 Å². The first kappa shape index (κ1) is 32.1. The van der Waals surface area contributed by atoms with Crippen LogP contribution in [0.4, 0.5) is 0 Å². The molecule has 0 radical (unpaired) electrons. The molecule has 0 aliphatic heterocycles. The number of pyridine rings is 4. The molecule has 0 spiro atoms. The lowest BCUT2D eigenvalue weighted by atomic mass is 9.82. The Labute approximate surface area is 312 Å². The second kappa shape index (κ2) is 13.7. The summed E-state index contributed by atoms with van der Waals surface area (Å²) in [5, 5.41) is 10.3. The minimum absolute atomic E-state index is 0.330. The number of fused-ring (bicyclic) bond motifs is 3. The summed E-state index contributed by atoms with van der Waals surface area (Å²) in [5.41, 5.74) is 14.4. The van der Waals surface area contributed by atoms with Crippen molar-refractivity contribution in [2.45, 2.75) is 0 Å². The first-order valence-corrected chi connectivity index (χ1v) is 17.6. The number of nitrogens with one attached hydrogen (secondary N) is 1. The van der Waals surface area contributed by atoms with Crippen LogP contribution in [0.5, 0.6) is 0 Å². The summed E-state index contributed by atoms with van der Waals surface area (Å²) in [5.74, 6) is 0. The third-order valence-corrected chi connectivity index (χ3v) is 9.71. The van der Waals surface area contributed by atoms with Gasteiger partial charge in [-0.05, 0) is 95.2 Å². The maximum atomic E-state index is 9.38. The highest BCUT2D eigenvalue weighted by atomic mass is 32.1. The predicted molar refractivity (Wildman–Crippen MR) is 220 cm³/mol. The molecule has 9 rings (SSSR count). The highest BCUT2D eigenvalue weighted by Gasteiger charge is 2.28. The van der Waals surface area contributed by atoms with Crippen LogP contribution in [0.25, 0.3) is 78.8 Å². The third-order valence-electron chi connectivity index (χ3n) is 9.51. The van der Waals surface area contributed by atoms with E-state index in [2.05, 4.69) is 93.9 Å². The van der Waals surface area contributed by atoms with Crippen molar-refractivity contribution >= 4 is 46.8 Å². The van der Waals surface area contributed by atoms with Crippen molar-refractivity contribution < 1.29 is 0 Å². The molecule has 0 saturated heterocycles. The maximum absolute atomic E-state index is 9.38. The number of nitrogens with zero attached hydrogens (tertiary/aromatic N) is 5. The molecule has 4 aromatic carbocycles. The lowest BCUT2D eigenvalue weighted by molar-refractivity contribution is 1.22. The van der Waals surface area contributed by atoms with Crippen LogP contribution in [0.15, 0.2) is 168 Å². The van der Waals surface area contributed by atoms with Gasteiger partial charge >= 0.3 is 0 Å². The third kappa shape index (κ3) is 6.03. The van der Waals surface area contributed by atoms with Gasteiger partial charge in [0.2, 0.25) is 0 Å². The van der Waals surface area contributed by atoms with E-state index < -0.39 is 0 Å². The molecule has 4 heterocycles. The van der Waals surface area contributed by atoms with Crippen molar-refractivity contribution in [1.29, 1.82) is 5.41 Å². The molecule has 250 valence electrons. The fraction of sp³-hybridized carbons (Fsp3) is 0. The van der Waals surface area contributed by atoms with E-state index in [0.29, 0.717) is 11.4 Å². The zero-order valence-electron chi connectivity index (χ0n) is 28.3. The average Bonchev–Trinajstić information content (AvgIpc) is 3.24. The van der Waals surface area contributed by atoms with E-state index in [1.165, 1.54) is 0 Å². The Morgan fingerprint density at radius 2 is 1.09 bits per heavy atom. The SMILES string of the molecule is N=C1/C(=N\S)C(c2ccccc2)=Cc2c(-c3cccc(-c4ccc(-c5cc(-c6ccccn6)nc(-c6ccccn6)c5)cc4)c3)nc3ccccc3c21. The summed E-state index contributed by atoms with van der Waals surface area (Å²) in [7, 11) is 0. The van der Waals surface area contributed by atoms with Crippen molar-refractivity contribution in [3.63, 3.8) is 0 Å². The van der Waals surface area contributed by atoms with Gasteiger partial charge in [-0.1, -0.05) is 103 Å². The molecule has 4 aromatic heterocycles. The molecule has 0 atom stereocenters. The molecule has 6 nitrogen and oxygen atoms in total. The van der Waals surface area contributed by atoms with Crippen LogP contribution in [0.1, 0.15) is 16.7 Å². The Kier molecular flexibility index (Phi) is 8.31. The number of thiol groups is 1. The van der Waals surface area contributed by atoms with Crippen LogP contribution in [-0.2, 0) is 0 Å². The van der Waals surface area contributed by atoms with Crippen molar-refractivity contribution in [3.05, 3.63) is 181 Å². The van der Waals surface area contributed by atoms with Gasteiger partial charge in [0.25, 0.3) is 0 Å². The zero-order valence-corrected chi connectivity index (χ0v) is 29.2. The molecule has 0 bridgehead atoms. The fourth-order valence-electron chi connectivity index (χ4n) is 6.95. The normalized spacial score (nSPS) is 13.2. The van der Waals surface area contributed by atoms with Gasteiger partial charge in [0.1, 0.15) is 5.71 Å². The highest BCUT2D eigenvalue weighted by molar-refractivity contribution is 7.79. The second-order valence-corrected chi connectivity index (χ2v) is 12.9. The van der Waals surface area contributed by atoms with Crippen LogP contribution >= 0.6 is 12.8 Å². The Morgan fingerprint density at radius 1 is 0.491 bits per heavy atom. The van der Waals surface area contributed by atoms with Gasteiger partial charge in [-0.25, -0.2) is 14.4 Å². The molecule has 7 heteroatoms. The molecular weight excluding hydrogens is 669 g/mol. The Hall–Kier alpha value is -6.83. The van der Waals surface area contributed by atoms with Gasteiger partial charge in [0, 0.05) is 40.0 Å². The Morgan fingerprint density at radius 3 is 1.75 bits per heavy atom. The number of hydrogen-bond donors (Lipinski definition) is 2. The monoisotopic (exact) mass is 698 g/mol. The predicted octanol–water partition coefficient (Wildman–Crippen LogP) is 11.0. The molecule has 0 fully saturated rings. The summed E-state index contributed by atoms with van der Waals surface area (Å²) >= 11 is 4.32. The molecule has 0 unspecified atom stereocenters. The number of para-hydroxylation sites is 1. The van der Waals surface area contributed by atoms with E-state index in [4.69, 9.17) is 9.97 Å². The van der Waals surface area contributed by atoms with E-state index in [-0.39, 0.29) is 0 Å². The molecule has 0 saturated carbocycles. The lowest BCUT2D eigenvalue weighted by Crippen LogP contribution is -2.22. The van der Waals surface area contributed by atoms with Crippen molar-refractivity contribution in [2.24, 2.45) is 4.40 Å². The standard InChI is InChI=1S/C46H30N6S/c47-44-43-35-15-4-5-16-38(35)51-45(37(43)28-36(46(44)52-53)31-11-2-1-3-12-31)33-14-10-13-32(25-33)29-19-21-30(22-20-29)34-26-41(39-17-6-8-23-48-39)50-42(27-34)40-18-7-9-24-49-40/h1-28,47,53H/b47-44?,52-46-. The molecule has 1 aliphatic carbocycles.